The molecular formula is C16H4F21NaO4S. The number of hydrogen-bond donors (Lipinski definition) is 0. The van der Waals surface area contributed by atoms with Crippen LogP contribution in [0.3, 0.4) is 0 Å². The van der Waals surface area contributed by atoms with Crippen molar-refractivity contribution in [2.45, 2.75) is 64.6 Å². The maximum Gasteiger partial charge on any atom is 1.00 e. The molecule has 0 radical (unpaired) electrons. The fraction of sp³-hybridized carbons (Fsp3) is 0.625. The van der Waals surface area contributed by atoms with E-state index in [9.17, 15) is 105 Å². The summed E-state index contributed by atoms with van der Waals surface area (Å²) in [5.74, 6) is -73.6. The van der Waals surface area contributed by atoms with Crippen LogP contribution in [0, 0.1) is 0 Å². The Morgan fingerprint density at radius 1 is 0.465 bits per heavy atom. The van der Waals surface area contributed by atoms with Gasteiger partial charge in [0.1, 0.15) is 15.9 Å². The van der Waals surface area contributed by atoms with E-state index < -0.39 is 80.4 Å². The van der Waals surface area contributed by atoms with Gasteiger partial charge in [-0.05, 0) is 24.3 Å². The molecule has 0 aliphatic rings. The van der Waals surface area contributed by atoms with Crippen molar-refractivity contribution in [3.05, 3.63) is 24.3 Å². The fourth-order valence-corrected chi connectivity index (χ4v) is 2.90. The molecule has 0 bridgehead atoms. The molecule has 0 heterocycles. The SMILES string of the molecule is O=S(=O)([O-])c1ccc(OC(F)(F)C(F)(F)C(F)(F)C(F)(F)C(F)(F)C(F)(F)C(F)(F)C(F)(F)C(F)(F)C(F)(F)F)cc1.[Na+]. The van der Waals surface area contributed by atoms with Crippen LogP contribution >= 0.6 is 0 Å². The zero-order valence-corrected chi connectivity index (χ0v) is 22.1. The number of rotatable bonds is 11. The Labute approximate surface area is 244 Å². The molecule has 0 fully saturated rings. The molecule has 0 aromatic heterocycles. The van der Waals surface area contributed by atoms with E-state index in [4.69, 9.17) is 0 Å². The maximum absolute atomic E-state index is 13.8. The Kier molecular flexibility index (Phi) is 10.7. The van der Waals surface area contributed by atoms with Gasteiger partial charge in [-0.3, -0.25) is 0 Å². The van der Waals surface area contributed by atoms with Crippen LogP contribution in [0.1, 0.15) is 0 Å². The van der Waals surface area contributed by atoms with Crippen LogP contribution in [0.25, 0.3) is 0 Å². The van der Waals surface area contributed by atoms with E-state index >= 15 is 0 Å². The molecule has 0 N–H and O–H groups in total. The van der Waals surface area contributed by atoms with E-state index in [1.807, 2.05) is 0 Å². The van der Waals surface area contributed by atoms with Gasteiger partial charge in [0.2, 0.25) is 0 Å². The summed E-state index contributed by atoms with van der Waals surface area (Å²) in [4.78, 5) is -1.39. The van der Waals surface area contributed by atoms with Crippen molar-refractivity contribution in [2.24, 2.45) is 0 Å². The molecule has 43 heavy (non-hydrogen) atoms. The molecule has 0 aliphatic carbocycles. The van der Waals surface area contributed by atoms with Crippen molar-refractivity contribution in [3.8, 4) is 5.75 Å². The summed E-state index contributed by atoms with van der Waals surface area (Å²) in [6.45, 7) is 0. The molecule has 1 aromatic carbocycles. The summed E-state index contributed by atoms with van der Waals surface area (Å²) in [5, 5.41) is 0. The van der Waals surface area contributed by atoms with Crippen molar-refractivity contribution < 1.29 is 139 Å². The molecule has 27 heteroatoms. The van der Waals surface area contributed by atoms with Gasteiger partial charge in [0.05, 0.1) is 4.90 Å². The number of hydrogen-bond acceptors (Lipinski definition) is 4. The molecule has 0 amide bonds. The average Bonchev–Trinajstić information content (AvgIpc) is 2.76. The van der Waals surface area contributed by atoms with Gasteiger partial charge >= 0.3 is 89.2 Å². The summed E-state index contributed by atoms with van der Waals surface area (Å²) in [5.41, 5.74) is 0. The predicted molar refractivity (Wildman–Crippen MR) is 85.6 cm³/mol. The van der Waals surface area contributed by atoms with Crippen LogP contribution in [0.5, 0.6) is 5.75 Å². The molecule has 0 atom stereocenters. The minimum Gasteiger partial charge on any atom is -0.744 e. The van der Waals surface area contributed by atoms with Gasteiger partial charge in [0.25, 0.3) is 0 Å². The Bertz CT molecular complexity index is 1260. The predicted octanol–water partition coefficient (Wildman–Crippen LogP) is 4.21. The molecule has 246 valence electrons. The molecule has 0 saturated carbocycles. The molecule has 0 aliphatic heterocycles. The Hall–Kier alpha value is -1.54. The number of ether oxygens (including phenoxy) is 1. The smallest absolute Gasteiger partial charge is 0.744 e. The zero-order valence-electron chi connectivity index (χ0n) is 19.3. The first-order valence-corrected chi connectivity index (χ1v) is 10.6. The van der Waals surface area contributed by atoms with Gasteiger partial charge in [-0.25, -0.2) is 8.42 Å². The molecular weight excluding hydrogens is 710 g/mol. The van der Waals surface area contributed by atoms with E-state index in [0.29, 0.717) is 0 Å². The average molecular weight is 714 g/mol. The van der Waals surface area contributed by atoms with Crippen molar-refractivity contribution in [2.75, 3.05) is 0 Å². The fourth-order valence-electron chi connectivity index (χ4n) is 2.43. The van der Waals surface area contributed by atoms with Gasteiger partial charge in [-0.15, -0.1) is 0 Å². The summed E-state index contributed by atoms with van der Waals surface area (Å²) < 4.78 is 314. The topological polar surface area (TPSA) is 66.4 Å². The first kappa shape index (κ1) is 41.5. The third-order valence-electron chi connectivity index (χ3n) is 4.84. The first-order chi connectivity index (χ1) is 17.9. The maximum atomic E-state index is 13.8. The van der Waals surface area contributed by atoms with Crippen LogP contribution in [0.15, 0.2) is 29.2 Å². The Morgan fingerprint density at radius 2 is 0.721 bits per heavy atom. The van der Waals surface area contributed by atoms with Gasteiger partial charge < -0.3 is 9.29 Å². The second-order valence-corrected chi connectivity index (χ2v) is 9.02. The monoisotopic (exact) mass is 714 g/mol. The van der Waals surface area contributed by atoms with Crippen molar-refractivity contribution in [3.63, 3.8) is 0 Å². The standard InChI is InChI=1S/C16H5F21O4S.Na/c17-7(18,9(21,22)11(25,26)13(29,30)15(33,34)35)8(19,20)10(23,24)12(27,28)14(31,32)16(36,37)41-5-1-3-6(4-2-5)42(38,39)40;/h1-4H,(H,38,39,40);/q;+1/p-1. The van der Waals surface area contributed by atoms with Crippen LogP contribution < -0.4 is 34.3 Å². The number of benzene rings is 1. The molecule has 0 saturated heterocycles. The first-order valence-electron chi connectivity index (χ1n) is 9.15. The Morgan fingerprint density at radius 3 is 0.977 bits per heavy atom. The summed E-state index contributed by atoms with van der Waals surface area (Å²) in [6, 6.07) is -0.771. The second kappa shape index (κ2) is 11.1. The molecule has 1 rings (SSSR count). The van der Waals surface area contributed by atoms with E-state index in [2.05, 4.69) is 4.74 Å². The minimum atomic E-state index is -9.29. The summed E-state index contributed by atoms with van der Waals surface area (Å²) in [7, 11) is -5.44. The van der Waals surface area contributed by atoms with Crippen molar-refractivity contribution in [1.29, 1.82) is 0 Å². The minimum absolute atomic E-state index is 0. The summed E-state index contributed by atoms with van der Waals surface area (Å²) >= 11 is 0. The van der Waals surface area contributed by atoms with Gasteiger partial charge in [0, 0.05) is 0 Å². The zero-order chi connectivity index (χ0) is 34.2. The molecule has 4 nitrogen and oxygen atoms in total. The molecule has 0 unspecified atom stereocenters. The van der Waals surface area contributed by atoms with Crippen molar-refractivity contribution in [1.82, 2.24) is 0 Å². The van der Waals surface area contributed by atoms with E-state index in [-0.39, 0.29) is 53.8 Å². The van der Waals surface area contributed by atoms with Gasteiger partial charge in [-0.1, -0.05) is 0 Å². The van der Waals surface area contributed by atoms with Crippen LogP contribution in [0.2, 0.25) is 0 Å². The van der Waals surface area contributed by atoms with Crippen molar-refractivity contribution >= 4 is 10.1 Å². The van der Waals surface area contributed by atoms with Gasteiger partial charge in [0.15, 0.2) is 0 Å². The molecule has 1 aromatic rings. The van der Waals surface area contributed by atoms with Crippen LogP contribution in [-0.4, -0.2) is 72.6 Å². The van der Waals surface area contributed by atoms with E-state index in [1.165, 1.54) is 0 Å². The number of halogens is 21. The normalized spacial score (nSPS) is 15.7. The largest absolute Gasteiger partial charge is 1.00 e. The van der Waals surface area contributed by atoms with E-state index in [0.717, 1.165) is 0 Å². The van der Waals surface area contributed by atoms with Gasteiger partial charge in [-0.2, -0.15) is 92.2 Å². The number of alkyl halides is 21. The van der Waals surface area contributed by atoms with Crippen LogP contribution in [-0.2, 0) is 10.1 Å². The molecule has 0 spiro atoms. The third-order valence-corrected chi connectivity index (χ3v) is 5.69. The third kappa shape index (κ3) is 5.93. The quantitative estimate of drug-likeness (QED) is 0.196. The van der Waals surface area contributed by atoms with Crippen LogP contribution in [0.4, 0.5) is 92.2 Å². The second-order valence-electron chi connectivity index (χ2n) is 7.64. The van der Waals surface area contributed by atoms with E-state index in [1.54, 1.807) is 0 Å². The summed E-state index contributed by atoms with van der Waals surface area (Å²) in [6.07, 6.45) is -15.4. The Balaban J connectivity index is 0.0000176.